The van der Waals surface area contributed by atoms with Crippen molar-refractivity contribution in [2.75, 3.05) is 0 Å². The van der Waals surface area contributed by atoms with Gasteiger partial charge in [-0.2, -0.15) is 8.42 Å². The summed E-state index contributed by atoms with van der Waals surface area (Å²) in [5.41, 5.74) is 0.214. The van der Waals surface area contributed by atoms with Crippen molar-refractivity contribution in [2.24, 2.45) is 0 Å². The van der Waals surface area contributed by atoms with Crippen molar-refractivity contribution in [1.29, 1.82) is 0 Å². The van der Waals surface area contributed by atoms with Crippen molar-refractivity contribution < 1.29 is 27.3 Å². The standard InChI is InChI=1S/C16H8O6S/c17-15-10-5-6-12(23(19,20)21)11-7-8-3-1-2-4-9(8)14(13(10)11)16(18)22-15/h1-7H,(H,19,20,21). The van der Waals surface area contributed by atoms with Gasteiger partial charge in [-0.3, -0.25) is 4.55 Å². The van der Waals surface area contributed by atoms with Gasteiger partial charge >= 0.3 is 11.9 Å². The molecule has 0 bridgehead atoms. The van der Waals surface area contributed by atoms with Crippen LogP contribution in [0.15, 0.2) is 47.4 Å². The highest BCUT2D eigenvalue weighted by molar-refractivity contribution is 7.86. The molecule has 23 heavy (non-hydrogen) atoms. The molecule has 0 saturated carbocycles. The fourth-order valence-electron chi connectivity index (χ4n) is 2.95. The summed E-state index contributed by atoms with van der Waals surface area (Å²) in [4.78, 5) is 23.8. The Labute approximate surface area is 130 Å². The Kier molecular flexibility index (Phi) is 2.64. The number of rotatable bonds is 1. The van der Waals surface area contributed by atoms with Crippen molar-refractivity contribution in [3.8, 4) is 0 Å². The first-order valence-corrected chi connectivity index (χ1v) is 8.04. The minimum atomic E-state index is -4.51. The van der Waals surface area contributed by atoms with Crippen LogP contribution in [0.25, 0.3) is 21.5 Å². The third-order valence-electron chi connectivity index (χ3n) is 3.87. The number of carbonyl (C=O) groups is 2. The molecule has 0 amide bonds. The van der Waals surface area contributed by atoms with Gasteiger partial charge in [0.25, 0.3) is 10.1 Å². The van der Waals surface area contributed by atoms with Crippen LogP contribution in [0.3, 0.4) is 0 Å². The minimum absolute atomic E-state index is 0.0905. The first-order chi connectivity index (χ1) is 10.9. The molecule has 1 heterocycles. The number of esters is 2. The minimum Gasteiger partial charge on any atom is -0.386 e. The van der Waals surface area contributed by atoms with Crippen LogP contribution in [0, 0.1) is 0 Å². The number of hydrogen-bond acceptors (Lipinski definition) is 5. The second kappa shape index (κ2) is 4.37. The number of cyclic esters (lactones) is 2. The van der Waals surface area contributed by atoms with E-state index >= 15 is 0 Å². The van der Waals surface area contributed by atoms with Crippen molar-refractivity contribution in [3.05, 3.63) is 53.6 Å². The average molecular weight is 328 g/mol. The van der Waals surface area contributed by atoms with Crippen LogP contribution in [0.2, 0.25) is 0 Å². The van der Waals surface area contributed by atoms with Gasteiger partial charge < -0.3 is 4.74 Å². The largest absolute Gasteiger partial charge is 0.386 e. The van der Waals surface area contributed by atoms with Gasteiger partial charge in [0.1, 0.15) is 4.90 Å². The highest BCUT2D eigenvalue weighted by Gasteiger charge is 2.31. The monoisotopic (exact) mass is 328 g/mol. The van der Waals surface area contributed by atoms with Gasteiger partial charge in [0.15, 0.2) is 0 Å². The van der Waals surface area contributed by atoms with Crippen LogP contribution in [0.5, 0.6) is 0 Å². The molecule has 1 N–H and O–H groups in total. The molecular formula is C16H8O6S. The lowest BCUT2D eigenvalue weighted by atomic mass is 9.92. The topological polar surface area (TPSA) is 97.7 Å². The second-order valence-corrected chi connectivity index (χ2v) is 6.55. The third kappa shape index (κ3) is 1.87. The van der Waals surface area contributed by atoms with Crippen LogP contribution < -0.4 is 0 Å². The fourth-order valence-corrected chi connectivity index (χ4v) is 3.63. The summed E-state index contributed by atoms with van der Waals surface area (Å²) < 4.78 is 37.4. The number of fused-ring (bicyclic) bond motifs is 2. The Hall–Kier alpha value is -2.77. The van der Waals surface area contributed by atoms with Gasteiger partial charge in [0, 0.05) is 10.8 Å². The maximum absolute atomic E-state index is 12.2. The normalized spacial score (nSPS) is 14.3. The van der Waals surface area contributed by atoms with E-state index in [1.807, 2.05) is 0 Å². The van der Waals surface area contributed by atoms with Crippen LogP contribution in [0.1, 0.15) is 20.7 Å². The molecule has 3 aromatic carbocycles. The third-order valence-corrected chi connectivity index (χ3v) is 4.78. The Morgan fingerprint density at radius 1 is 0.913 bits per heavy atom. The predicted octanol–water partition coefficient (Wildman–Crippen LogP) is 2.55. The van der Waals surface area contributed by atoms with Crippen LogP contribution in [-0.2, 0) is 14.9 Å². The molecule has 3 aromatic rings. The second-order valence-electron chi connectivity index (χ2n) is 5.16. The fraction of sp³-hybridized carbons (Fsp3) is 0. The molecule has 0 saturated heterocycles. The van der Waals surface area contributed by atoms with Crippen molar-refractivity contribution in [1.82, 2.24) is 0 Å². The lowest BCUT2D eigenvalue weighted by molar-refractivity contribution is 0.0392. The average Bonchev–Trinajstić information content (AvgIpc) is 2.49. The van der Waals surface area contributed by atoms with E-state index in [-0.39, 0.29) is 26.8 Å². The molecule has 1 aliphatic rings. The van der Waals surface area contributed by atoms with E-state index in [4.69, 9.17) is 4.74 Å². The zero-order valence-corrected chi connectivity index (χ0v) is 12.3. The maximum Gasteiger partial charge on any atom is 0.347 e. The zero-order valence-electron chi connectivity index (χ0n) is 11.4. The summed E-state index contributed by atoms with van der Waals surface area (Å²) >= 11 is 0. The molecule has 0 spiro atoms. The van der Waals surface area contributed by atoms with Gasteiger partial charge in [-0.15, -0.1) is 0 Å². The van der Waals surface area contributed by atoms with E-state index in [1.165, 1.54) is 12.1 Å². The molecule has 6 nitrogen and oxygen atoms in total. The highest BCUT2D eigenvalue weighted by Crippen LogP contribution is 2.37. The predicted molar refractivity (Wildman–Crippen MR) is 81.0 cm³/mol. The maximum atomic E-state index is 12.2. The molecule has 0 aliphatic carbocycles. The molecule has 0 fully saturated rings. The Balaban J connectivity index is 2.36. The molecule has 4 rings (SSSR count). The summed E-state index contributed by atoms with van der Waals surface area (Å²) in [5.74, 6) is -1.68. The number of hydrogen-bond donors (Lipinski definition) is 1. The molecule has 0 unspecified atom stereocenters. The van der Waals surface area contributed by atoms with E-state index < -0.39 is 22.1 Å². The molecule has 114 valence electrons. The Bertz CT molecular complexity index is 1140. The SMILES string of the molecule is O=C1OC(=O)c2c3ccccc3cc3c(S(=O)(=O)O)ccc1c23. The summed E-state index contributed by atoms with van der Waals surface area (Å²) in [5, 5.41) is 1.44. The van der Waals surface area contributed by atoms with Crippen molar-refractivity contribution >= 4 is 43.6 Å². The van der Waals surface area contributed by atoms with Gasteiger partial charge in [0.05, 0.1) is 11.1 Å². The lowest BCUT2D eigenvalue weighted by Gasteiger charge is -2.18. The highest BCUT2D eigenvalue weighted by atomic mass is 32.2. The quantitative estimate of drug-likeness (QED) is 0.319. The van der Waals surface area contributed by atoms with E-state index in [2.05, 4.69) is 0 Å². The number of carbonyl (C=O) groups excluding carboxylic acids is 2. The van der Waals surface area contributed by atoms with Gasteiger partial charge in [-0.05, 0) is 29.0 Å². The number of benzene rings is 3. The summed E-state index contributed by atoms with van der Waals surface area (Å²) in [7, 11) is -4.51. The van der Waals surface area contributed by atoms with E-state index in [0.29, 0.717) is 10.8 Å². The lowest BCUT2D eigenvalue weighted by Crippen LogP contribution is -2.20. The first kappa shape index (κ1) is 13.9. The molecule has 1 aliphatic heterocycles. The van der Waals surface area contributed by atoms with Gasteiger partial charge in [-0.1, -0.05) is 24.3 Å². The molecule has 0 aromatic heterocycles. The first-order valence-electron chi connectivity index (χ1n) is 6.60. The summed E-state index contributed by atoms with van der Waals surface area (Å²) in [6.07, 6.45) is 0. The van der Waals surface area contributed by atoms with E-state index in [0.717, 1.165) is 6.07 Å². The van der Waals surface area contributed by atoms with Gasteiger partial charge in [0.2, 0.25) is 0 Å². The van der Waals surface area contributed by atoms with E-state index in [1.54, 1.807) is 24.3 Å². The van der Waals surface area contributed by atoms with E-state index in [9.17, 15) is 22.6 Å². The molecular weight excluding hydrogens is 320 g/mol. The van der Waals surface area contributed by atoms with Gasteiger partial charge in [-0.25, -0.2) is 9.59 Å². The Morgan fingerprint density at radius 3 is 2.39 bits per heavy atom. The van der Waals surface area contributed by atoms with Crippen LogP contribution in [-0.4, -0.2) is 24.9 Å². The summed E-state index contributed by atoms with van der Waals surface area (Å²) in [6.45, 7) is 0. The number of ether oxygens (including phenoxy) is 1. The molecule has 0 radical (unpaired) electrons. The Morgan fingerprint density at radius 2 is 1.65 bits per heavy atom. The molecule has 7 heteroatoms. The van der Waals surface area contributed by atoms with Crippen LogP contribution in [0.4, 0.5) is 0 Å². The smallest absolute Gasteiger partial charge is 0.347 e. The van der Waals surface area contributed by atoms with Crippen molar-refractivity contribution in [2.45, 2.75) is 4.90 Å². The molecule has 0 atom stereocenters. The van der Waals surface area contributed by atoms with Crippen molar-refractivity contribution in [3.63, 3.8) is 0 Å². The zero-order chi connectivity index (χ0) is 16.4. The van der Waals surface area contributed by atoms with Crippen LogP contribution >= 0.6 is 0 Å². The summed E-state index contributed by atoms with van der Waals surface area (Å²) in [6, 6.07) is 10.7.